The quantitative estimate of drug-likeness (QED) is 0.725. The average molecular weight is 257 g/mol. The molecule has 0 aromatic rings. The molecule has 1 aliphatic rings. The zero-order valence-corrected chi connectivity index (χ0v) is 12.6. The van der Waals surface area contributed by atoms with Gasteiger partial charge in [-0.3, -0.25) is 0 Å². The molecule has 0 aromatic heterocycles. The highest BCUT2D eigenvalue weighted by atomic mass is 16.5. The molecule has 1 fully saturated rings. The summed E-state index contributed by atoms with van der Waals surface area (Å²) in [7, 11) is 1.75. The van der Waals surface area contributed by atoms with Gasteiger partial charge in [-0.15, -0.1) is 0 Å². The second kappa shape index (κ2) is 8.89. The van der Waals surface area contributed by atoms with E-state index in [-0.39, 0.29) is 6.10 Å². The minimum absolute atomic E-state index is 0.193. The SMILES string of the molecule is CCC1CCCC(OC(CNC(C)C)COC)C1. The van der Waals surface area contributed by atoms with E-state index in [4.69, 9.17) is 9.47 Å². The maximum atomic E-state index is 6.23. The Morgan fingerprint density at radius 1 is 1.28 bits per heavy atom. The Kier molecular flexibility index (Phi) is 7.87. The Labute approximate surface area is 113 Å². The summed E-state index contributed by atoms with van der Waals surface area (Å²) in [6, 6.07) is 0.503. The zero-order valence-electron chi connectivity index (χ0n) is 12.6. The van der Waals surface area contributed by atoms with Crippen LogP contribution in [0.4, 0.5) is 0 Å². The van der Waals surface area contributed by atoms with Crippen molar-refractivity contribution in [1.29, 1.82) is 0 Å². The van der Waals surface area contributed by atoms with Crippen molar-refractivity contribution in [2.75, 3.05) is 20.3 Å². The Hall–Kier alpha value is -0.120. The minimum atomic E-state index is 0.193. The van der Waals surface area contributed by atoms with Gasteiger partial charge in [0.2, 0.25) is 0 Å². The molecule has 18 heavy (non-hydrogen) atoms. The Morgan fingerprint density at radius 3 is 2.67 bits per heavy atom. The van der Waals surface area contributed by atoms with Gasteiger partial charge in [0.25, 0.3) is 0 Å². The fourth-order valence-corrected chi connectivity index (χ4v) is 2.71. The third kappa shape index (κ3) is 6.17. The monoisotopic (exact) mass is 257 g/mol. The molecule has 1 rings (SSSR count). The second-order valence-corrected chi connectivity index (χ2v) is 5.84. The molecule has 3 nitrogen and oxygen atoms in total. The Balaban J connectivity index is 2.34. The molecule has 0 amide bonds. The van der Waals surface area contributed by atoms with E-state index in [0.717, 1.165) is 12.5 Å². The van der Waals surface area contributed by atoms with Crippen LogP contribution in [-0.2, 0) is 9.47 Å². The molecule has 1 N–H and O–H groups in total. The van der Waals surface area contributed by atoms with Gasteiger partial charge in [-0.05, 0) is 18.8 Å². The Morgan fingerprint density at radius 2 is 2.06 bits per heavy atom. The Bertz CT molecular complexity index is 209. The van der Waals surface area contributed by atoms with E-state index in [2.05, 4.69) is 26.1 Å². The minimum Gasteiger partial charge on any atom is -0.382 e. The van der Waals surface area contributed by atoms with Gasteiger partial charge in [0, 0.05) is 19.7 Å². The number of hydrogen-bond acceptors (Lipinski definition) is 3. The summed E-state index contributed by atoms with van der Waals surface area (Å²) in [5.41, 5.74) is 0. The van der Waals surface area contributed by atoms with Crippen molar-refractivity contribution in [2.24, 2.45) is 5.92 Å². The van der Waals surface area contributed by atoms with Crippen LogP contribution < -0.4 is 5.32 Å². The molecule has 0 saturated heterocycles. The van der Waals surface area contributed by atoms with Crippen LogP contribution in [0.15, 0.2) is 0 Å². The first kappa shape index (κ1) is 15.9. The van der Waals surface area contributed by atoms with Gasteiger partial charge in [0.1, 0.15) is 0 Å². The van der Waals surface area contributed by atoms with Crippen molar-refractivity contribution in [3.8, 4) is 0 Å². The molecule has 3 atom stereocenters. The third-order valence-corrected chi connectivity index (χ3v) is 3.80. The van der Waals surface area contributed by atoms with Crippen LogP contribution in [-0.4, -0.2) is 38.5 Å². The highest BCUT2D eigenvalue weighted by molar-refractivity contribution is 4.75. The van der Waals surface area contributed by atoms with Gasteiger partial charge in [-0.2, -0.15) is 0 Å². The fraction of sp³-hybridized carbons (Fsp3) is 1.00. The van der Waals surface area contributed by atoms with E-state index in [1.54, 1.807) is 7.11 Å². The first-order valence-electron chi connectivity index (χ1n) is 7.53. The summed E-state index contributed by atoms with van der Waals surface area (Å²) in [6.45, 7) is 8.20. The lowest BCUT2D eigenvalue weighted by Crippen LogP contribution is -2.39. The van der Waals surface area contributed by atoms with Crippen molar-refractivity contribution >= 4 is 0 Å². The van der Waals surface area contributed by atoms with Crippen molar-refractivity contribution < 1.29 is 9.47 Å². The highest BCUT2D eigenvalue weighted by Gasteiger charge is 2.24. The van der Waals surface area contributed by atoms with Crippen molar-refractivity contribution in [3.05, 3.63) is 0 Å². The van der Waals surface area contributed by atoms with E-state index < -0.39 is 0 Å². The van der Waals surface area contributed by atoms with Gasteiger partial charge < -0.3 is 14.8 Å². The van der Waals surface area contributed by atoms with Crippen LogP contribution >= 0.6 is 0 Å². The van der Waals surface area contributed by atoms with Crippen molar-refractivity contribution in [3.63, 3.8) is 0 Å². The van der Waals surface area contributed by atoms with Crippen molar-refractivity contribution in [2.45, 2.75) is 71.1 Å². The molecule has 1 aliphatic carbocycles. The number of hydrogen-bond donors (Lipinski definition) is 1. The normalized spacial score (nSPS) is 26.5. The summed E-state index contributed by atoms with van der Waals surface area (Å²) < 4.78 is 11.5. The van der Waals surface area contributed by atoms with Crippen molar-refractivity contribution in [1.82, 2.24) is 5.32 Å². The third-order valence-electron chi connectivity index (χ3n) is 3.80. The topological polar surface area (TPSA) is 30.5 Å². The van der Waals surface area contributed by atoms with E-state index in [1.165, 1.54) is 32.1 Å². The molecule has 0 heterocycles. The zero-order chi connectivity index (χ0) is 13.4. The summed E-state index contributed by atoms with van der Waals surface area (Å²) in [6.07, 6.45) is 7.09. The molecular weight excluding hydrogens is 226 g/mol. The molecule has 0 bridgehead atoms. The van der Waals surface area contributed by atoms with Gasteiger partial charge in [0.15, 0.2) is 0 Å². The van der Waals surface area contributed by atoms with E-state index in [9.17, 15) is 0 Å². The van der Waals surface area contributed by atoms with Crippen LogP contribution in [0.1, 0.15) is 52.9 Å². The molecule has 108 valence electrons. The van der Waals surface area contributed by atoms with E-state index >= 15 is 0 Å². The van der Waals surface area contributed by atoms with Crippen LogP contribution in [0.3, 0.4) is 0 Å². The highest BCUT2D eigenvalue weighted by Crippen LogP contribution is 2.29. The first-order valence-corrected chi connectivity index (χ1v) is 7.53. The van der Waals surface area contributed by atoms with Crippen LogP contribution in [0.25, 0.3) is 0 Å². The van der Waals surface area contributed by atoms with Crippen LogP contribution in [0.2, 0.25) is 0 Å². The summed E-state index contributed by atoms with van der Waals surface area (Å²) in [5, 5.41) is 3.44. The molecule has 0 radical (unpaired) electrons. The number of rotatable bonds is 8. The number of ether oxygens (including phenoxy) is 2. The van der Waals surface area contributed by atoms with Gasteiger partial charge >= 0.3 is 0 Å². The standard InChI is InChI=1S/C15H31NO2/c1-5-13-7-6-8-14(9-13)18-15(11-17-4)10-16-12(2)3/h12-16H,5-11H2,1-4H3. The van der Waals surface area contributed by atoms with E-state index in [1.807, 2.05) is 0 Å². The lowest BCUT2D eigenvalue weighted by atomic mass is 9.85. The summed E-state index contributed by atoms with van der Waals surface area (Å²) in [4.78, 5) is 0. The summed E-state index contributed by atoms with van der Waals surface area (Å²) >= 11 is 0. The smallest absolute Gasteiger partial charge is 0.0936 e. The first-order chi connectivity index (χ1) is 8.65. The molecular formula is C15H31NO2. The van der Waals surface area contributed by atoms with E-state index in [0.29, 0.717) is 18.8 Å². The van der Waals surface area contributed by atoms with Gasteiger partial charge in [-0.1, -0.05) is 40.0 Å². The molecule has 0 spiro atoms. The maximum Gasteiger partial charge on any atom is 0.0936 e. The van der Waals surface area contributed by atoms with Crippen LogP contribution in [0.5, 0.6) is 0 Å². The fourth-order valence-electron chi connectivity index (χ4n) is 2.71. The number of nitrogens with one attached hydrogen (secondary N) is 1. The second-order valence-electron chi connectivity index (χ2n) is 5.84. The van der Waals surface area contributed by atoms with Gasteiger partial charge in [0.05, 0.1) is 18.8 Å². The largest absolute Gasteiger partial charge is 0.382 e. The molecule has 3 heteroatoms. The molecule has 1 saturated carbocycles. The van der Waals surface area contributed by atoms with Crippen LogP contribution in [0, 0.1) is 5.92 Å². The molecule has 0 aromatic carbocycles. The molecule has 3 unspecified atom stereocenters. The lowest BCUT2D eigenvalue weighted by Gasteiger charge is -2.32. The average Bonchev–Trinajstić information content (AvgIpc) is 2.36. The number of methoxy groups -OCH3 is 1. The predicted octanol–water partition coefficient (Wildman–Crippen LogP) is 2.98. The predicted molar refractivity (Wildman–Crippen MR) is 75.9 cm³/mol. The van der Waals surface area contributed by atoms with Gasteiger partial charge in [-0.25, -0.2) is 0 Å². The summed E-state index contributed by atoms with van der Waals surface area (Å²) in [5.74, 6) is 0.866. The maximum absolute atomic E-state index is 6.23. The molecule has 0 aliphatic heterocycles. The lowest BCUT2D eigenvalue weighted by molar-refractivity contribution is -0.0678.